The average molecular weight is 225 g/mol. The van der Waals surface area contributed by atoms with Crippen LogP contribution in [0.15, 0.2) is 18.3 Å². The molecule has 0 aromatic carbocycles. The maximum absolute atomic E-state index is 6.04. The molecule has 0 aliphatic heterocycles. The summed E-state index contributed by atoms with van der Waals surface area (Å²) >= 11 is 6.04. The molecule has 0 aliphatic rings. The zero-order valence-electron chi connectivity index (χ0n) is 8.66. The Bertz CT molecular complexity index is 491. The van der Waals surface area contributed by atoms with E-state index in [-0.39, 0.29) is 6.04 Å². The lowest BCUT2D eigenvalue weighted by Crippen LogP contribution is -2.15. The third-order valence-corrected chi connectivity index (χ3v) is 2.76. The number of anilines is 1. The Hall–Kier alpha value is -1.26. The van der Waals surface area contributed by atoms with Gasteiger partial charge in [0.05, 0.1) is 11.7 Å². The molecule has 4 nitrogen and oxygen atoms in total. The van der Waals surface area contributed by atoms with Crippen LogP contribution in [0.3, 0.4) is 0 Å². The van der Waals surface area contributed by atoms with Gasteiger partial charge < -0.3 is 11.1 Å². The molecular weight excluding hydrogens is 212 g/mol. The summed E-state index contributed by atoms with van der Waals surface area (Å²) in [6.07, 6.45) is 1.91. The number of hydrogen-bond donors (Lipinski definition) is 2. The standard InChI is InChI=1S/C10H13ClN4/c1-6(13-2)10-14-9(11)8-7(12)4-3-5-15(8)10/h3-6,13H,12H2,1-2H3. The van der Waals surface area contributed by atoms with Crippen LogP contribution >= 0.6 is 11.6 Å². The van der Waals surface area contributed by atoms with E-state index in [1.807, 2.05) is 36.7 Å². The van der Waals surface area contributed by atoms with Gasteiger partial charge in [-0.1, -0.05) is 11.6 Å². The molecule has 0 aliphatic carbocycles. The SMILES string of the molecule is CNC(C)c1nc(Cl)c2c(N)cccn12. The number of pyridine rings is 1. The van der Waals surface area contributed by atoms with Crippen LogP contribution in [0.1, 0.15) is 18.8 Å². The lowest BCUT2D eigenvalue weighted by molar-refractivity contribution is 0.608. The third-order valence-electron chi connectivity index (χ3n) is 2.50. The lowest BCUT2D eigenvalue weighted by atomic mass is 10.3. The van der Waals surface area contributed by atoms with Crippen molar-refractivity contribution in [3.05, 3.63) is 29.3 Å². The van der Waals surface area contributed by atoms with Crippen molar-refractivity contribution in [1.82, 2.24) is 14.7 Å². The summed E-state index contributed by atoms with van der Waals surface area (Å²) in [6.45, 7) is 2.02. The summed E-state index contributed by atoms with van der Waals surface area (Å²) in [7, 11) is 1.88. The second-order valence-corrected chi connectivity index (χ2v) is 3.81. The summed E-state index contributed by atoms with van der Waals surface area (Å²) in [5.41, 5.74) is 7.26. The zero-order valence-corrected chi connectivity index (χ0v) is 9.42. The Morgan fingerprint density at radius 3 is 3.00 bits per heavy atom. The molecule has 2 aromatic rings. The molecule has 3 N–H and O–H groups in total. The van der Waals surface area contributed by atoms with Crippen molar-refractivity contribution in [1.29, 1.82) is 0 Å². The van der Waals surface area contributed by atoms with Crippen LogP contribution in [0.5, 0.6) is 0 Å². The topological polar surface area (TPSA) is 55.3 Å². The van der Waals surface area contributed by atoms with Gasteiger partial charge in [0.2, 0.25) is 0 Å². The minimum Gasteiger partial charge on any atom is -0.397 e. The van der Waals surface area contributed by atoms with Crippen molar-refractivity contribution in [2.45, 2.75) is 13.0 Å². The number of nitrogen functional groups attached to an aromatic ring is 1. The number of halogens is 1. The van der Waals surface area contributed by atoms with Crippen molar-refractivity contribution in [2.75, 3.05) is 12.8 Å². The molecule has 0 amide bonds. The van der Waals surface area contributed by atoms with Gasteiger partial charge in [-0.25, -0.2) is 4.98 Å². The zero-order chi connectivity index (χ0) is 11.0. The van der Waals surface area contributed by atoms with Crippen LogP contribution in [0.25, 0.3) is 5.52 Å². The normalized spacial score (nSPS) is 13.3. The molecule has 0 spiro atoms. The summed E-state index contributed by atoms with van der Waals surface area (Å²) in [4.78, 5) is 4.31. The highest BCUT2D eigenvalue weighted by molar-refractivity contribution is 6.33. The van der Waals surface area contributed by atoms with Gasteiger partial charge in [0.25, 0.3) is 0 Å². The number of imidazole rings is 1. The highest BCUT2D eigenvalue weighted by Crippen LogP contribution is 2.26. The number of nitrogens with zero attached hydrogens (tertiary/aromatic N) is 2. The summed E-state index contributed by atoms with van der Waals surface area (Å²) in [5.74, 6) is 0.866. The van der Waals surface area contributed by atoms with E-state index in [0.29, 0.717) is 10.8 Å². The van der Waals surface area contributed by atoms with Crippen LogP contribution in [0, 0.1) is 0 Å². The van der Waals surface area contributed by atoms with Gasteiger partial charge in [-0.15, -0.1) is 0 Å². The monoisotopic (exact) mass is 224 g/mol. The van der Waals surface area contributed by atoms with E-state index in [4.69, 9.17) is 17.3 Å². The fourth-order valence-corrected chi connectivity index (χ4v) is 1.86. The minimum atomic E-state index is 0.131. The van der Waals surface area contributed by atoms with Crippen LogP contribution in [0.4, 0.5) is 5.69 Å². The Balaban J connectivity index is 2.73. The molecule has 0 bridgehead atoms. The predicted molar refractivity (Wildman–Crippen MR) is 62.1 cm³/mol. The third kappa shape index (κ3) is 1.56. The first-order valence-electron chi connectivity index (χ1n) is 4.74. The Morgan fingerprint density at radius 1 is 1.60 bits per heavy atom. The molecule has 2 heterocycles. The largest absolute Gasteiger partial charge is 0.397 e. The molecule has 2 aromatic heterocycles. The maximum atomic E-state index is 6.04. The summed E-state index contributed by atoms with van der Waals surface area (Å²) in [5, 5.41) is 3.57. The highest BCUT2D eigenvalue weighted by atomic mass is 35.5. The van der Waals surface area contributed by atoms with Gasteiger partial charge in [0.15, 0.2) is 5.15 Å². The number of hydrogen-bond acceptors (Lipinski definition) is 3. The summed E-state index contributed by atoms with van der Waals surface area (Å²) in [6, 6.07) is 3.83. The molecule has 0 radical (unpaired) electrons. The van der Waals surface area contributed by atoms with Crippen LogP contribution in [0.2, 0.25) is 5.15 Å². The molecule has 2 rings (SSSR count). The first-order chi connectivity index (χ1) is 7.15. The maximum Gasteiger partial charge on any atom is 0.157 e. The second-order valence-electron chi connectivity index (χ2n) is 3.45. The molecule has 1 atom stereocenters. The van der Waals surface area contributed by atoms with E-state index in [1.165, 1.54) is 0 Å². The number of rotatable bonds is 2. The van der Waals surface area contributed by atoms with Crippen molar-refractivity contribution < 1.29 is 0 Å². The molecule has 0 saturated carbocycles. The molecule has 0 fully saturated rings. The van der Waals surface area contributed by atoms with E-state index in [9.17, 15) is 0 Å². The molecular formula is C10H13ClN4. The molecule has 5 heteroatoms. The average Bonchev–Trinajstić information content (AvgIpc) is 2.56. The summed E-state index contributed by atoms with van der Waals surface area (Å²) < 4.78 is 1.92. The molecule has 80 valence electrons. The Kier molecular flexibility index (Phi) is 2.54. The molecule has 15 heavy (non-hydrogen) atoms. The van der Waals surface area contributed by atoms with E-state index < -0.39 is 0 Å². The minimum absolute atomic E-state index is 0.131. The van der Waals surface area contributed by atoms with Crippen molar-refractivity contribution >= 4 is 22.8 Å². The second kappa shape index (κ2) is 3.72. The fourth-order valence-electron chi connectivity index (χ4n) is 1.58. The van der Waals surface area contributed by atoms with E-state index in [0.717, 1.165) is 11.3 Å². The lowest BCUT2D eigenvalue weighted by Gasteiger charge is -2.08. The van der Waals surface area contributed by atoms with E-state index >= 15 is 0 Å². The first kappa shape index (κ1) is 10.3. The van der Waals surface area contributed by atoms with Gasteiger partial charge in [-0.2, -0.15) is 0 Å². The fraction of sp³-hybridized carbons (Fsp3) is 0.300. The van der Waals surface area contributed by atoms with Crippen molar-refractivity contribution in [3.8, 4) is 0 Å². The van der Waals surface area contributed by atoms with Crippen LogP contribution < -0.4 is 11.1 Å². The van der Waals surface area contributed by atoms with E-state index in [1.54, 1.807) is 0 Å². The van der Waals surface area contributed by atoms with Gasteiger partial charge in [-0.05, 0) is 26.1 Å². The quantitative estimate of drug-likeness (QED) is 0.819. The van der Waals surface area contributed by atoms with Gasteiger partial charge in [0.1, 0.15) is 11.3 Å². The van der Waals surface area contributed by atoms with Gasteiger partial charge >= 0.3 is 0 Å². The smallest absolute Gasteiger partial charge is 0.157 e. The number of nitrogens with one attached hydrogen (secondary N) is 1. The van der Waals surface area contributed by atoms with Crippen molar-refractivity contribution in [2.24, 2.45) is 0 Å². The number of nitrogens with two attached hydrogens (primary N) is 1. The molecule has 0 saturated heterocycles. The van der Waals surface area contributed by atoms with Crippen LogP contribution in [-0.2, 0) is 0 Å². The highest BCUT2D eigenvalue weighted by Gasteiger charge is 2.15. The van der Waals surface area contributed by atoms with Gasteiger partial charge in [-0.3, -0.25) is 4.40 Å². The Labute approximate surface area is 93.1 Å². The predicted octanol–water partition coefficient (Wildman–Crippen LogP) is 1.85. The first-order valence-corrected chi connectivity index (χ1v) is 5.12. The van der Waals surface area contributed by atoms with E-state index in [2.05, 4.69) is 10.3 Å². The van der Waals surface area contributed by atoms with Crippen LogP contribution in [-0.4, -0.2) is 16.4 Å². The van der Waals surface area contributed by atoms with Crippen molar-refractivity contribution in [3.63, 3.8) is 0 Å². The molecule has 1 unspecified atom stereocenters. The Morgan fingerprint density at radius 2 is 2.33 bits per heavy atom. The van der Waals surface area contributed by atoms with Gasteiger partial charge in [0, 0.05) is 6.20 Å². The number of aromatic nitrogens is 2. The number of fused-ring (bicyclic) bond motifs is 1.